The van der Waals surface area contributed by atoms with Crippen LogP contribution in [0.1, 0.15) is 38.2 Å². The summed E-state index contributed by atoms with van der Waals surface area (Å²) in [4.78, 5) is 36.5. The third-order valence-corrected chi connectivity index (χ3v) is 5.36. The molecule has 25 heavy (non-hydrogen) atoms. The van der Waals surface area contributed by atoms with Gasteiger partial charge in [-0.2, -0.15) is 10.5 Å². The highest BCUT2D eigenvalue weighted by atomic mass is 16.6. The topological polar surface area (TPSA) is 125 Å². The summed E-state index contributed by atoms with van der Waals surface area (Å²) in [5.41, 5.74) is -4.42. The maximum Gasteiger partial charge on any atom is 0.273 e. The second-order valence-corrected chi connectivity index (χ2v) is 7.45. The Labute approximate surface area is 144 Å². The van der Waals surface area contributed by atoms with E-state index in [1.165, 1.54) is 24.3 Å². The molecule has 3 rings (SSSR count). The maximum absolute atomic E-state index is 12.9. The molecule has 2 aliphatic carbocycles. The molecule has 1 unspecified atom stereocenters. The van der Waals surface area contributed by atoms with Crippen molar-refractivity contribution in [3.63, 3.8) is 0 Å². The van der Waals surface area contributed by atoms with Crippen LogP contribution in [0.2, 0.25) is 0 Å². The van der Waals surface area contributed by atoms with Crippen molar-refractivity contribution in [3.8, 4) is 12.1 Å². The van der Waals surface area contributed by atoms with Gasteiger partial charge in [0.2, 0.25) is 0 Å². The lowest BCUT2D eigenvalue weighted by Crippen LogP contribution is -2.42. The van der Waals surface area contributed by atoms with Gasteiger partial charge in [0.25, 0.3) is 5.69 Å². The highest BCUT2D eigenvalue weighted by Crippen LogP contribution is 2.77. The average molecular weight is 337 g/mol. The molecule has 1 aromatic rings. The summed E-state index contributed by atoms with van der Waals surface area (Å²) in [6, 6.07) is 9.35. The third-order valence-electron chi connectivity index (χ3n) is 5.36. The fourth-order valence-corrected chi connectivity index (χ4v) is 4.30. The van der Waals surface area contributed by atoms with E-state index in [1.54, 1.807) is 13.8 Å². The van der Waals surface area contributed by atoms with Gasteiger partial charge in [0.05, 0.1) is 17.1 Å². The van der Waals surface area contributed by atoms with Gasteiger partial charge in [0.1, 0.15) is 17.0 Å². The van der Waals surface area contributed by atoms with Crippen LogP contribution in [0.25, 0.3) is 0 Å². The molecule has 1 spiro atoms. The van der Waals surface area contributed by atoms with Gasteiger partial charge < -0.3 is 0 Å². The van der Waals surface area contributed by atoms with Crippen molar-refractivity contribution < 1.29 is 14.5 Å². The summed E-state index contributed by atoms with van der Waals surface area (Å²) >= 11 is 0. The quantitative estimate of drug-likeness (QED) is 0.464. The lowest BCUT2D eigenvalue weighted by atomic mass is 9.67. The summed E-state index contributed by atoms with van der Waals surface area (Å²) < 4.78 is 0. The average Bonchev–Trinajstić information content (AvgIpc) is 3.17. The first-order chi connectivity index (χ1) is 11.7. The molecule has 126 valence electrons. The second-order valence-electron chi connectivity index (χ2n) is 7.45. The zero-order valence-corrected chi connectivity index (χ0v) is 13.8. The number of carbonyl (C=O) groups is 2. The Morgan fingerprint density at radius 2 is 1.64 bits per heavy atom. The molecule has 7 nitrogen and oxygen atoms in total. The molecule has 0 aromatic heterocycles. The normalized spacial score (nSPS) is 25.0. The van der Waals surface area contributed by atoms with Crippen LogP contribution in [0.5, 0.6) is 0 Å². The van der Waals surface area contributed by atoms with Gasteiger partial charge >= 0.3 is 0 Å². The number of hydrogen-bond donors (Lipinski definition) is 0. The molecule has 0 heterocycles. The predicted octanol–water partition coefficient (Wildman–Crippen LogP) is 2.67. The number of para-hydroxylation sites is 1. The zero-order chi connectivity index (χ0) is 18.6. The maximum atomic E-state index is 12.9. The fraction of sp³-hybridized carbons (Fsp3) is 0.444. The van der Waals surface area contributed by atoms with Crippen molar-refractivity contribution in [3.05, 3.63) is 39.9 Å². The number of rotatable bonds is 2. The number of Topliss-reactive ketones (excluding diaryl/α,β-unsaturated/α-hetero) is 2. The number of benzene rings is 1. The molecular weight excluding hydrogens is 322 g/mol. The predicted molar refractivity (Wildman–Crippen MR) is 85.0 cm³/mol. The van der Waals surface area contributed by atoms with Crippen molar-refractivity contribution in [2.45, 2.75) is 32.6 Å². The summed E-state index contributed by atoms with van der Waals surface area (Å²) in [7, 11) is 0. The minimum absolute atomic E-state index is 0.0565. The van der Waals surface area contributed by atoms with Crippen LogP contribution in [0, 0.1) is 49.0 Å². The summed E-state index contributed by atoms with van der Waals surface area (Å²) in [6.07, 6.45) is 0.113. The van der Waals surface area contributed by atoms with E-state index < -0.39 is 38.7 Å². The van der Waals surface area contributed by atoms with Crippen LogP contribution in [0.15, 0.2) is 24.3 Å². The van der Waals surface area contributed by atoms with Gasteiger partial charge in [-0.15, -0.1) is 0 Å². The number of nitriles is 2. The number of carbonyl (C=O) groups excluding carboxylic acids is 2. The SMILES string of the molecule is CC1(C)CC(=O)C2(C(=O)C1)C(c1ccccc1[N+](=O)[O-])C2(C#N)C#N. The Morgan fingerprint density at radius 1 is 1.12 bits per heavy atom. The Morgan fingerprint density at radius 3 is 2.12 bits per heavy atom. The molecule has 2 aliphatic rings. The number of nitro benzene ring substituents is 1. The molecule has 0 aliphatic heterocycles. The van der Waals surface area contributed by atoms with E-state index in [2.05, 4.69) is 0 Å². The summed E-state index contributed by atoms with van der Waals surface area (Å²) in [5.74, 6) is -2.05. The highest BCUT2D eigenvalue weighted by Gasteiger charge is 2.87. The van der Waals surface area contributed by atoms with E-state index in [9.17, 15) is 30.2 Å². The number of hydrogen-bond acceptors (Lipinski definition) is 6. The van der Waals surface area contributed by atoms with Crippen LogP contribution in [-0.2, 0) is 9.59 Å². The van der Waals surface area contributed by atoms with Crippen LogP contribution in [-0.4, -0.2) is 16.5 Å². The van der Waals surface area contributed by atoms with E-state index in [4.69, 9.17) is 0 Å². The number of ketones is 2. The van der Waals surface area contributed by atoms with Gasteiger partial charge in [-0.1, -0.05) is 32.0 Å². The Hall–Kier alpha value is -3.06. The Balaban J connectivity index is 2.24. The number of nitrogens with zero attached hydrogens (tertiary/aromatic N) is 3. The van der Waals surface area contributed by atoms with Crippen molar-refractivity contribution in [1.29, 1.82) is 10.5 Å². The first kappa shape index (κ1) is 16.8. The fourth-order valence-electron chi connectivity index (χ4n) is 4.30. The van der Waals surface area contributed by atoms with Gasteiger partial charge in [-0.25, -0.2) is 0 Å². The van der Waals surface area contributed by atoms with E-state index in [0.717, 1.165) is 0 Å². The van der Waals surface area contributed by atoms with Crippen LogP contribution < -0.4 is 0 Å². The Bertz CT molecular complexity index is 870. The van der Waals surface area contributed by atoms with Crippen molar-refractivity contribution >= 4 is 17.3 Å². The first-order valence-electron chi connectivity index (χ1n) is 7.80. The van der Waals surface area contributed by atoms with Gasteiger partial charge in [0.15, 0.2) is 5.41 Å². The lowest BCUT2D eigenvalue weighted by Gasteiger charge is -2.33. The molecule has 1 atom stereocenters. The minimum atomic E-state index is -1.89. The molecule has 0 radical (unpaired) electrons. The second kappa shape index (κ2) is 4.97. The molecule has 7 heteroatoms. The Kier molecular flexibility index (Phi) is 3.34. The largest absolute Gasteiger partial charge is 0.298 e. The molecule has 1 aromatic carbocycles. The van der Waals surface area contributed by atoms with Crippen molar-refractivity contribution in [2.24, 2.45) is 16.2 Å². The van der Waals surface area contributed by atoms with Crippen LogP contribution in [0.4, 0.5) is 5.69 Å². The van der Waals surface area contributed by atoms with Crippen LogP contribution in [0.3, 0.4) is 0 Å². The third kappa shape index (κ3) is 1.90. The van der Waals surface area contributed by atoms with E-state index in [-0.39, 0.29) is 24.1 Å². The standard InChI is InChI=1S/C18H15N3O4/c1-16(2)7-13(22)18(14(23)8-16)15(17(18,9-19)10-20)11-5-3-4-6-12(11)21(24)25/h3-6,15H,7-8H2,1-2H3. The van der Waals surface area contributed by atoms with Gasteiger partial charge in [-0.05, 0) is 5.41 Å². The van der Waals surface area contributed by atoms with Crippen molar-refractivity contribution in [2.75, 3.05) is 0 Å². The molecule has 2 fully saturated rings. The molecule has 0 bridgehead atoms. The summed E-state index contributed by atoms with van der Waals surface area (Å²) in [6.45, 7) is 3.55. The number of nitro groups is 1. The van der Waals surface area contributed by atoms with Crippen molar-refractivity contribution in [1.82, 2.24) is 0 Å². The van der Waals surface area contributed by atoms with Gasteiger partial charge in [0, 0.05) is 30.4 Å². The molecule has 0 N–H and O–H groups in total. The zero-order valence-electron chi connectivity index (χ0n) is 13.8. The molecule has 0 amide bonds. The smallest absolute Gasteiger partial charge is 0.273 e. The monoisotopic (exact) mass is 337 g/mol. The highest BCUT2D eigenvalue weighted by molar-refractivity contribution is 6.17. The molecule has 0 saturated heterocycles. The molecular formula is C18H15N3O4. The van der Waals surface area contributed by atoms with E-state index >= 15 is 0 Å². The minimum Gasteiger partial charge on any atom is -0.298 e. The first-order valence-corrected chi connectivity index (χ1v) is 7.80. The summed E-state index contributed by atoms with van der Waals surface area (Å²) in [5, 5.41) is 30.7. The van der Waals surface area contributed by atoms with E-state index in [0.29, 0.717) is 0 Å². The molecule has 2 saturated carbocycles. The van der Waals surface area contributed by atoms with E-state index in [1.807, 2.05) is 12.1 Å². The lowest BCUT2D eigenvalue weighted by molar-refractivity contribution is -0.385. The van der Waals surface area contributed by atoms with Crippen LogP contribution >= 0.6 is 0 Å². The van der Waals surface area contributed by atoms with Gasteiger partial charge in [-0.3, -0.25) is 19.7 Å².